The molecule has 2 rings (SSSR count). The van der Waals surface area contributed by atoms with E-state index in [0.29, 0.717) is 18.0 Å². The van der Waals surface area contributed by atoms with Crippen molar-refractivity contribution in [3.8, 4) is 0 Å². The summed E-state index contributed by atoms with van der Waals surface area (Å²) in [6.07, 6.45) is 0. The first-order chi connectivity index (χ1) is 7.54. The largest absolute Gasteiger partial charge is 0.396 e. The number of sulfonamides is 1. The fourth-order valence-electron chi connectivity index (χ4n) is 1.59. The number of hydrogen-bond donors (Lipinski definition) is 1. The molecule has 1 aliphatic heterocycles. The number of hydrogen-bond acceptors (Lipinski definition) is 3. The monoisotopic (exact) mass is 353 g/mol. The number of benzene rings is 1. The molecule has 0 atom stereocenters. The van der Waals surface area contributed by atoms with Gasteiger partial charge in [0.1, 0.15) is 0 Å². The maximum absolute atomic E-state index is 12.0. The Morgan fingerprint density at radius 2 is 1.88 bits per heavy atom. The maximum atomic E-state index is 12.0. The Kier molecular flexibility index (Phi) is 3.53. The van der Waals surface area contributed by atoms with Crippen molar-refractivity contribution in [1.82, 2.24) is 4.31 Å². The number of rotatable bonds is 3. The van der Waals surface area contributed by atoms with Crippen LogP contribution in [-0.4, -0.2) is 37.5 Å². The lowest BCUT2D eigenvalue weighted by Crippen LogP contribution is -2.51. The summed E-state index contributed by atoms with van der Waals surface area (Å²) in [5, 5.41) is 8.85. The molecule has 1 saturated heterocycles. The lowest BCUT2D eigenvalue weighted by molar-refractivity contribution is 0.117. The summed E-state index contributed by atoms with van der Waals surface area (Å²) in [5.74, 6) is 0.0959. The highest BCUT2D eigenvalue weighted by Gasteiger charge is 2.35. The standard InChI is InChI=1S/C10H12INO3S/c11-9-1-3-10(4-2-9)16(14,15)12-5-8(6-12)7-13/h1-4,8,13H,5-7H2. The van der Waals surface area contributed by atoms with Crippen LogP contribution in [0.3, 0.4) is 0 Å². The normalized spacial score (nSPS) is 18.4. The number of aliphatic hydroxyl groups is 1. The molecular weight excluding hydrogens is 341 g/mol. The molecule has 0 amide bonds. The maximum Gasteiger partial charge on any atom is 0.243 e. The van der Waals surface area contributed by atoms with Crippen molar-refractivity contribution in [1.29, 1.82) is 0 Å². The van der Waals surface area contributed by atoms with Crippen LogP contribution in [0.4, 0.5) is 0 Å². The van der Waals surface area contributed by atoms with Gasteiger partial charge in [0.05, 0.1) is 4.90 Å². The van der Waals surface area contributed by atoms with E-state index in [0.717, 1.165) is 3.57 Å². The summed E-state index contributed by atoms with van der Waals surface area (Å²) in [6, 6.07) is 6.78. The Hall–Kier alpha value is -0.180. The molecule has 0 unspecified atom stereocenters. The van der Waals surface area contributed by atoms with Crippen LogP contribution in [0.5, 0.6) is 0 Å². The highest BCUT2D eigenvalue weighted by molar-refractivity contribution is 14.1. The molecule has 1 N–H and O–H groups in total. The molecule has 0 spiro atoms. The minimum Gasteiger partial charge on any atom is -0.396 e. The van der Waals surface area contributed by atoms with Gasteiger partial charge in [-0.15, -0.1) is 0 Å². The van der Waals surface area contributed by atoms with E-state index in [1.165, 1.54) is 4.31 Å². The Bertz CT molecular complexity index is 465. The number of nitrogens with zero attached hydrogens (tertiary/aromatic N) is 1. The van der Waals surface area contributed by atoms with E-state index < -0.39 is 10.0 Å². The minimum atomic E-state index is -3.34. The van der Waals surface area contributed by atoms with E-state index >= 15 is 0 Å². The van der Waals surface area contributed by atoms with E-state index in [4.69, 9.17) is 5.11 Å². The average molecular weight is 353 g/mol. The molecule has 88 valence electrons. The fraction of sp³-hybridized carbons (Fsp3) is 0.400. The van der Waals surface area contributed by atoms with Gasteiger partial charge in [-0.2, -0.15) is 4.31 Å². The van der Waals surface area contributed by atoms with Crippen molar-refractivity contribution in [2.45, 2.75) is 4.90 Å². The molecule has 0 aromatic heterocycles. The summed E-state index contributed by atoms with van der Waals surface area (Å²) in [5.41, 5.74) is 0. The zero-order valence-corrected chi connectivity index (χ0v) is 11.5. The molecule has 4 nitrogen and oxygen atoms in total. The van der Waals surface area contributed by atoms with Crippen LogP contribution in [0.25, 0.3) is 0 Å². The van der Waals surface area contributed by atoms with E-state index in [9.17, 15) is 8.42 Å². The zero-order valence-electron chi connectivity index (χ0n) is 8.51. The SMILES string of the molecule is O=S(=O)(c1ccc(I)cc1)N1CC(CO)C1. The molecule has 1 aromatic rings. The van der Waals surface area contributed by atoms with Crippen molar-refractivity contribution in [3.63, 3.8) is 0 Å². The second-order valence-electron chi connectivity index (χ2n) is 3.82. The van der Waals surface area contributed by atoms with Gasteiger partial charge in [-0.05, 0) is 46.9 Å². The van der Waals surface area contributed by atoms with Crippen molar-refractivity contribution >= 4 is 32.6 Å². The second kappa shape index (κ2) is 4.59. The third-order valence-corrected chi connectivity index (χ3v) is 5.20. The Balaban J connectivity index is 2.17. The Labute approximate surface area is 108 Å². The molecule has 1 fully saturated rings. The lowest BCUT2D eigenvalue weighted by atomic mass is 10.1. The molecule has 0 radical (unpaired) electrons. The van der Waals surface area contributed by atoms with Crippen LogP contribution in [0.15, 0.2) is 29.2 Å². The van der Waals surface area contributed by atoms with Gasteiger partial charge in [0.15, 0.2) is 0 Å². The van der Waals surface area contributed by atoms with E-state index in [2.05, 4.69) is 22.6 Å². The fourth-order valence-corrected chi connectivity index (χ4v) is 3.54. The smallest absolute Gasteiger partial charge is 0.243 e. The molecule has 0 bridgehead atoms. The first-order valence-corrected chi connectivity index (χ1v) is 7.42. The minimum absolute atomic E-state index is 0.0543. The van der Waals surface area contributed by atoms with Gasteiger partial charge in [-0.25, -0.2) is 8.42 Å². The van der Waals surface area contributed by atoms with Crippen molar-refractivity contribution < 1.29 is 13.5 Å². The first kappa shape index (κ1) is 12.3. The summed E-state index contributed by atoms with van der Waals surface area (Å²) in [4.78, 5) is 0.323. The van der Waals surface area contributed by atoms with Crippen molar-refractivity contribution in [3.05, 3.63) is 27.8 Å². The molecule has 6 heteroatoms. The van der Waals surface area contributed by atoms with E-state index in [-0.39, 0.29) is 12.5 Å². The lowest BCUT2D eigenvalue weighted by Gasteiger charge is -2.36. The van der Waals surface area contributed by atoms with Crippen molar-refractivity contribution in [2.24, 2.45) is 5.92 Å². The van der Waals surface area contributed by atoms with Crippen LogP contribution in [-0.2, 0) is 10.0 Å². The molecule has 1 heterocycles. The summed E-state index contributed by atoms with van der Waals surface area (Å²) < 4.78 is 26.5. The summed E-state index contributed by atoms with van der Waals surface area (Å²) in [6.45, 7) is 0.897. The van der Waals surface area contributed by atoms with Gasteiger partial charge in [0.2, 0.25) is 10.0 Å². The van der Waals surface area contributed by atoms with Gasteiger partial charge in [0, 0.05) is 29.2 Å². The summed E-state index contributed by atoms with van der Waals surface area (Å²) in [7, 11) is -3.34. The van der Waals surface area contributed by atoms with E-state index in [1.807, 2.05) is 0 Å². The van der Waals surface area contributed by atoms with Gasteiger partial charge in [0.25, 0.3) is 0 Å². The predicted molar refractivity (Wildman–Crippen MR) is 68.5 cm³/mol. The van der Waals surface area contributed by atoms with E-state index in [1.54, 1.807) is 24.3 Å². The second-order valence-corrected chi connectivity index (χ2v) is 7.01. The Morgan fingerprint density at radius 1 is 1.31 bits per heavy atom. The topological polar surface area (TPSA) is 57.6 Å². The molecule has 1 aromatic carbocycles. The predicted octanol–water partition coefficient (Wildman–Crippen LogP) is 0.904. The van der Waals surface area contributed by atoms with Crippen LogP contribution in [0, 0.1) is 9.49 Å². The van der Waals surface area contributed by atoms with Crippen LogP contribution in [0.2, 0.25) is 0 Å². The molecule has 0 saturated carbocycles. The molecule has 16 heavy (non-hydrogen) atoms. The molecule has 0 aliphatic carbocycles. The zero-order chi connectivity index (χ0) is 11.8. The first-order valence-electron chi connectivity index (χ1n) is 4.90. The summed E-state index contributed by atoms with van der Waals surface area (Å²) >= 11 is 2.13. The number of halogens is 1. The Morgan fingerprint density at radius 3 is 2.38 bits per heavy atom. The molecular formula is C10H12INO3S. The van der Waals surface area contributed by atoms with Gasteiger partial charge >= 0.3 is 0 Å². The van der Waals surface area contributed by atoms with Crippen LogP contribution >= 0.6 is 22.6 Å². The third kappa shape index (κ3) is 2.24. The third-order valence-electron chi connectivity index (χ3n) is 2.63. The van der Waals surface area contributed by atoms with Crippen molar-refractivity contribution in [2.75, 3.05) is 19.7 Å². The highest BCUT2D eigenvalue weighted by Crippen LogP contribution is 2.24. The van der Waals surface area contributed by atoms with Gasteiger partial charge in [-0.1, -0.05) is 0 Å². The highest BCUT2D eigenvalue weighted by atomic mass is 127. The quantitative estimate of drug-likeness (QED) is 0.822. The van der Waals surface area contributed by atoms with Crippen LogP contribution < -0.4 is 0 Å². The average Bonchev–Trinajstić information content (AvgIpc) is 2.16. The van der Waals surface area contributed by atoms with Gasteiger partial charge in [-0.3, -0.25) is 0 Å². The number of aliphatic hydroxyl groups excluding tert-OH is 1. The van der Waals surface area contributed by atoms with Gasteiger partial charge < -0.3 is 5.11 Å². The molecule has 1 aliphatic rings. The van der Waals surface area contributed by atoms with Crippen LogP contribution in [0.1, 0.15) is 0 Å².